The van der Waals surface area contributed by atoms with Gasteiger partial charge in [-0.25, -0.2) is 4.79 Å². The highest BCUT2D eigenvalue weighted by Gasteiger charge is 2.26. The first-order valence-electron chi connectivity index (χ1n) is 11.3. The van der Waals surface area contributed by atoms with Crippen molar-refractivity contribution in [1.82, 2.24) is 30.5 Å². The molecule has 4 aromatic rings. The van der Waals surface area contributed by atoms with E-state index in [-0.39, 0.29) is 17.5 Å². The van der Waals surface area contributed by atoms with E-state index in [4.69, 9.17) is 9.15 Å². The molecule has 182 valence electrons. The van der Waals surface area contributed by atoms with Gasteiger partial charge < -0.3 is 25.1 Å². The normalized spacial score (nSPS) is 16.4. The van der Waals surface area contributed by atoms with E-state index < -0.39 is 11.9 Å². The third-order valence-corrected chi connectivity index (χ3v) is 5.94. The van der Waals surface area contributed by atoms with Gasteiger partial charge in [-0.3, -0.25) is 14.9 Å². The minimum Gasteiger partial charge on any atom is -0.461 e. The highest BCUT2D eigenvalue weighted by molar-refractivity contribution is 6.14. The third kappa shape index (κ3) is 3.78. The predicted octanol–water partition coefficient (Wildman–Crippen LogP) is 2.69. The average molecular weight is 487 g/mol. The molecule has 0 atom stereocenters. The molecular weight excluding hydrogens is 466 g/mol. The molecule has 36 heavy (non-hydrogen) atoms. The Hall–Kier alpha value is -4.87. The van der Waals surface area contributed by atoms with Gasteiger partial charge in [0.15, 0.2) is 5.65 Å². The van der Waals surface area contributed by atoms with Crippen molar-refractivity contribution in [3.63, 3.8) is 0 Å². The fraction of sp³-hybridized carbons (Fsp3) is 0.208. The molecule has 12 heteroatoms. The summed E-state index contributed by atoms with van der Waals surface area (Å²) in [6, 6.07) is 6.68. The number of urea groups is 1. The summed E-state index contributed by atoms with van der Waals surface area (Å²) in [6.45, 7) is 1.74. The van der Waals surface area contributed by atoms with Gasteiger partial charge in [0.05, 0.1) is 11.8 Å². The molecule has 3 aromatic heterocycles. The number of carbonyl (C=O) groups excluding carboxylic acids is 3. The van der Waals surface area contributed by atoms with E-state index in [9.17, 15) is 14.4 Å². The van der Waals surface area contributed by atoms with Crippen LogP contribution >= 0.6 is 0 Å². The van der Waals surface area contributed by atoms with Gasteiger partial charge in [-0.05, 0) is 44.0 Å². The van der Waals surface area contributed by atoms with Crippen molar-refractivity contribution in [3.8, 4) is 11.6 Å². The Balaban J connectivity index is 1.41. The molecule has 12 nitrogen and oxygen atoms in total. The zero-order chi connectivity index (χ0) is 25.0. The van der Waals surface area contributed by atoms with Crippen LogP contribution in [0.5, 0.6) is 11.6 Å². The second-order valence-electron chi connectivity index (χ2n) is 8.57. The Kier molecular flexibility index (Phi) is 4.88. The Morgan fingerprint density at radius 1 is 1.25 bits per heavy atom. The average Bonchev–Trinajstić information content (AvgIpc) is 3.35. The largest absolute Gasteiger partial charge is 0.461 e. The number of hydrogen-bond acceptors (Lipinski definition) is 8. The number of benzene rings is 1. The van der Waals surface area contributed by atoms with Crippen molar-refractivity contribution in [2.24, 2.45) is 0 Å². The van der Waals surface area contributed by atoms with E-state index in [0.29, 0.717) is 51.1 Å². The van der Waals surface area contributed by atoms with Gasteiger partial charge in [0.2, 0.25) is 5.88 Å². The van der Waals surface area contributed by atoms with Crippen molar-refractivity contribution < 1.29 is 23.5 Å². The van der Waals surface area contributed by atoms with Crippen LogP contribution in [0.4, 0.5) is 10.6 Å². The van der Waals surface area contributed by atoms with Crippen LogP contribution in [0.15, 0.2) is 40.6 Å². The van der Waals surface area contributed by atoms with Crippen LogP contribution in [-0.4, -0.2) is 45.5 Å². The number of nitrogens with zero attached hydrogens (tertiary/aromatic N) is 3. The lowest BCUT2D eigenvalue weighted by molar-refractivity contribution is -0.115. The zero-order valence-electron chi connectivity index (χ0n) is 19.3. The summed E-state index contributed by atoms with van der Waals surface area (Å²) in [5.74, 6) is 1.15. The Labute approximate surface area is 203 Å². The topological polar surface area (TPSA) is 152 Å². The number of rotatable bonds is 6. The van der Waals surface area contributed by atoms with Crippen LogP contribution in [0.3, 0.4) is 0 Å². The van der Waals surface area contributed by atoms with E-state index in [2.05, 4.69) is 31.3 Å². The number of carbonyl (C=O) groups is 3. The van der Waals surface area contributed by atoms with Crippen LogP contribution in [0.1, 0.15) is 34.5 Å². The highest BCUT2D eigenvalue weighted by Crippen LogP contribution is 2.33. The zero-order valence-corrected chi connectivity index (χ0v) is 19.3. The molecule has 4 heterocycles. The summed E-state index contributed by atoms with van der Waals surface area (Å²) in [4.78, 5) is 40.5. The molecule has 1 aliphatic heterocycles. The lowest BCUT2D eigenvalue weighted by Crippen LogP contribution is -2.22. The molecule has 1 saturated carbocycles. The maximum atomic E-state index is 12.4. The Morgan fingerprint density at radius 3 is 2.81 bits per heavy atom. The summed E-state index contributed by atoms with van der Waals surface area (Å²) in [5, 5.41) is 15.7. The number of anilines is 1. The van der Waals surface area contributed by atoms with Crippen LogP contribution in [0.25, 0.3) is 22.7 Å². The number of fused-ring (bicyclic) bond motifs is 2. The van der Waals surface area contributed by atoms with Gasteiger partial charge in [-0.1, -0.05) is 0 Å². The summed E-state index contributed by atoms with van der Waals surface area (Å²) in [6.07, 6.45) is 5.16. The van der Waals surface area contributed by atoms with Crippen LogP contribution in [0.2, 0.25) is 0 Å². The van der Waals surface area contributed by atoms with Crippen LogP contribution < -0.4 is 26.0 Å². The first-order valence-corrected chi connectivity index (χ1v) is 11.3. The molecule has 4 amide bonds. The molecule has 0 radical (unpaired) electrons. The van der Waals surface area contributed by atoms with Gasteiger partial charge in [0, 0.05) is 30.1 Å². The number of amides is 4. The number of hydrogen-bond donors (Lipinski definition) is 4. The SMILES string of the molecule is CNC(=O)c1c(C)oc2ccc(Oc3cc(NC4CC4)n4ncc(/C=C5\NC(=O)NC5=O)c4n3)cc12. The van der Waals surface area contributed by atoms with Crippen LogP contribution in [0, 0.1) is 6.92 Å². The number of furan rings is 1. The molecule has 4 N–H and O–H groups in total. The van der Waals surface area contributed by atoms with E-state index in [1.54, 1.807) is 48.9 Å². The number of aromatic nitrogens is 3. The quantitative estimate of drug-likeness (QED) is 0.239. The van der Waals surface area contributed by atoms with Crippen molar-refractivity contribution in [1.29, 1.82) is 0 Å². The third-order valence-electron chi connectivity index (χ3n) is 5.94. The second kappa shape index (κ2) is 8.12. The first kappa shape index (κ1) is 21.6. The first-order chi connectivity index (χ1) is 17.4. The summed E-state index contributed by atoms with van der Waals surface area (Å²) in [7, 11) is 1.56. The molecule has 1 saturated heterocycles. The van der Waals surface area contributed by atoms with E-state index in [0.717, 1.165) is 12.8 Å². The lowest BCUT2D eigenvalue weighted by atomic mass is 10.1. The van der Waals surface area contributed by atoms with Gasteiger partial charge >= 0.3 is 6.03 Å². The fourth-order valence-electron chi connectivity index (χ4n) is 4.08. The highest BCUT2D eigenvalue weighted by atomic mass is 16.5. The Bertz CT molecular complexity index is 1610. The minimum atomic E-state index is -0.586. The summed E-state index contributed by atoms with van der Waals surface area (Å²) < 4.78 is 13.5. The van der Waals surface area contributed by atoms with Crippen LogP contribution in [-0.2, 0) is 4.79 Å². The molecule has 1 aromatic carbocycles. The van der Waals surface area contributed by atoms with Crippen molar-refractivity contribution >= 4 is 46.4 Å². The van der Waals surface area contributed by atoms with Gasteiger partial charge in [-0.15, -0.1) is 0 Å². The number of imide groups is 1. The smallest absolute Gasteiger partial charge is 0.326 e. The van der Waals surface area contributed by atoms with Gasteiger partial charge in [0.25, 0.3) is 11.8 Å². The summed E-state index contributed by atoms with van der Waals surface area (Å²) in [5.41, 5.74) is 2.07. The molecule has 2 aliphatic rings. The standard InChI is InChI=1S/C24H21N7O5/c1-11-20(23(33)25-2)15-8-14(5-6-17(15)35-11)36-19-9-18(27-13-3-4-13)31-21(29-19)12(10-26-31)7-16-22(32)30-24(34)28-16/h5-10,13,27H,3-4H2,1-2H3,(H,25,33)(H2,28,30,32,34)/b16-7-. The van der Waals surface area contributed by atoms with E-state index >= 15 is 0 Å². The Morgan fingerprint density at radius 2 is 2.08 bits per heavy atom. The minimum absolute atomic E-state index is 0.0993. The number of aryl methyl sites for hydroxylation is 1. The monoisotopic (exact) mass is 487 g/mol. The van der Waals surface area contributed by atoms with E-state index in [1.807, 2.05) is 0 Å². The maximum Gasteiger partial charge on any atom is 0.326 e. The fourth-order valence-corrected chi connectivity index (χ4v) is 4.08. The molecule has 0 spiro atoms. The van der Waals surface area contributed by atoms with Gasteiger partial charge in [-0.2, -0.15) is 14.6 Å². The number of nitrogens with one attached hydrogen (secondary N) is 4. The molecule has 1 aliphatic carbocycles. The van der Waals surface area contributed by atoms with Crippen molar-refractivity contribution in [2.45, 2.75) is 25.8 Å². The predicted molar refractivity (Wildman–Crippen MR) is 129 cm³/mol. The molecule has 6 rings (SSSR count). The molecule has 0 unspecified atom stereocenters. The lowest BCUT2D eigenvalue weighted by Gasteiger charge is -2.11. The van der Waals surface area contributed by atoms with Gasteiger partial charge in [0.1, 0.15) is 28.6 Å². The summed E-state index contributed by atoms with van der Waals surface area (Å²) >= 11 is 0. The molecule has 0 bridgehead atoms. The molecule has 2 fully saturated rings. The number of ether oxygens (including phenoxy) is 1. The van der Waals surface area contributed by atoms with Crippen molar-refractivity contribution in [3.05, 3.63) is 53.0 Å². The molecular formula is C24H21N7O5. The van der Waals surface area contributed by atoms with Crippen molar-refractivity contribution in [2.75, 3.05) is 12.4 Å². The second-order valence-corrected chi connectivity index (χ2v) is 8.57. The van der Waals surface area contributed by atoms with E-state index in [1.165, 1.54) is 6.08 Å². The maximum absolute atomic E-state index is 12.4.